The Hall–Kier alpha value is -1.16. The van der Waals surface area contributed by atoms with Gasteiger partial charge in [-0.15, -0.1) is 12.4 Å². The molecule has 0 saturated carbocycles. The summed E-state index contributed by atoms with van der Waals surface area (Å²) >= 11 is 5.84. The predicted octanol–water partition coefficient (Wildman–Crippen LogP) is 1.68. The minimum Gasteiger partial charge on any atom is -0.348 e. The standard InChI is InChI=1S/C18H22ClN3O4S.ClH/c19-15-3-1-14(2-4-15)5-10-27(24,25)21-11-16(23)22-13-18(26-17(22)12-21)6-8-20-9-7-18;/h1-5,10,17,20H,6-9,11-13H2;1H. The van der Waals surface area contributed by atoms with Gasteiger partial charge in [-0.1, -0.05) is 23.7 Å². The maximum Gasteiger partial charge on any atom is 0.240 e. The van der Waals surface area contributed by atoms with Crippen molar-refractivity contribution in [3.8, 4) is 0 Å². The molecule has 4 rings (SSSR count). The SMILES string of the molecule is Cl.O=C1CN(S(=O)(=O)C=Cc2ccc(Cl)cc2)CC2OC3(CCNCC3)CN12. The van der Waals surface area contributed by atoms with Crippen LogP contribution in [0.4, 0.5) is 0 Å². The highest BCUT2D eigenvalue weighted by Crippen LogP contribution is 2.35. The lowest BCUT2D eigenvalue weighted by Crippen LogP contribution is -2.55. The Morgan fingerprint density at radius 2 is 1.89 bits per heavy atom. The first kappa shape index (κ1) is 21.5. The van der Waals surface area contributed by atoms with Crippen molar-refractivity contribution in [2.45, 2.75) is 24.7 Å². The van der Waals surface area contributed by atoms with Crippen molar-refractivity contribution in [3.63, 3.8) is 0 Å². The quantitative estimate of drug-likeness (QED) is 0.762. The van der Waals surface area contributed by atoms with Gasteiger partial charge < -0.3 is 15.0 Å². The van der Waals surface area contributed by atoms with E-state index < -0.39 is 16.3 Å². The van der Waals surface area contributed by atoms with E-state index in [1.54, 1.807) is 29.2 Å². The smallest absolute Gasteiger partial charge is 0.240 e. The van der Waals surface area contributed by atoms with Gasteiger partial charge in [-0.05, 0) is 49.7 Å². The molecule has 1 unspecified atom stereocenters. The third kappa shape index (κ3) is 4.37. The van der Waals surface area contributed by atoms with Crippen molar-refractivity contribution in [1.82, 2.24) is 14.5 Å². The largest absolute Gasteiger partial charge is 0.348 e. The highest BCUT2D eigenvalue weighted by molar-refractivity contribution is 7.92. The number of piperidine rings is 1. The molecule has 1 spiro atoms. The number of carbonyl (C=O) groups is 1. The van der Waals surface area contributed by atoms with Gasteiger partial charge in [0.25, 0.3) is 0 Å². The summed E-state index contributed by atoms with van der Waals surface area (Å²) in [6.07, 6.45) is 2.65. The second kappa shape index (κ2) is 8.30. The number of halogens is 2. The molecule has 3 fully saturated rings. The number of benzene rings is 1. The van der Waals surface area contributed by atoms with Gasteiger partial charge in [-0.25, -0.2) is 8.42 Å². The fourth-order valence-electron chi connectivity index (χ4n) is 3.84. The van der Waals surface area contributed by atoms with Crippen LogP contribution in [0.15, 0.2) is 29.7 Å². The summed E-state index contributed by atoms with van der Waals surface area (Å²) in [5.41, 5.74) is 0.378. The Kier molecular flexibility index (Phi) is 6.38. The molecule has 1 amide bonds. The van der Waals surface area contributed by atoms with Crippen molar-refractivity contribution in [2.75, 3.05) is 32.7 Å². The van der Waals surface area contributed by atoms with Gasteiger partial charge >= 0.3 is 0 Å². The predicted molar refractivity (Wildman–Crippen MR) is 110 cm³/mol. The molecule has 3 saturated heterocycles. The van der Waals surface area contributed by atoms with Crippen LogP contribution in [0, 0.1) is 0 Å². The average Bonchev–Trinajstić information content (AvgIpc) is 3.00. The summed E-state index contributed by atoms with van der Waals surface area (Å²) in [5.74, 6) is -0.204. The Morgan fingerprint density at radius 3 is 2.57 bits per heavy atom. The van der Waals surface area contributed by atoms with Gasteiger partial charge in [0.1, 0.15) is 6.23 Å². The van der Waals surface area contributed by atoms with E-state index in [0.717, 1.165) is 36.9 Å². The van der Waals surface area contributed by atoms with Crippen LogP contribution in [0.2, 0.25) is 5.02 Å². The lowest BCUT2D eigenvalue weighted by molar-refractivity contribution is -0.144. The molecule has 3 heterocycles. The summed E-state index contributed by atoms with van der Waals surface area (Å²) < 4.78 is 32.8. The third-order valence-electron chi connectivity index (χ3n) is 5.36. The molecule has 1 N–H and O–H groups in total. The number of sulfonamides is 1. The highest BCUT2D eigenvalue weighted by Gasteiger charge is 2.51. The Bertz CT molecular complexity index is 854. The molecule has 1 aromatic carbocycles. The van der Waals surface area contributed by atoms with Gasteiger partial charge in [-0.3, -0.25) is 4.79 Å². The van der Waals surface area contributed by atoms with Crippen LogP contribution < -0.4 is 5.32 Å². The number of piperazine rings is 1. The second-order valence-corrected chi connectivity index (χ2v) is 9.47. The average molecular weight is 448 g/mol. The number of fused-ring (bicyclic) bond motifs is 1. The van der Waals surface area contributed by atoms with Crippen molar-refractivity contribution in [1.29, 1.82) is 0 Å². The zero-order valence-electron chi connectivity index (χ0n) is 15.2. The van der Waals surface area contributed by atoms with E-state index in [9.17, 15) is 13.2 Å². The molecule has 3 aliphatic rings. The summed E-state index contributed by atoms with van der Waals surface area (Å²) in [6.45, 7) is 2.25. The normalized spacial score (nSPS) is 25.1. The molecule has 7 nitrogen and oxygen atoms in total. The number of rotatable bonds is 3. The molecule has 0 radical (unpaired) electrons. The van der Waals surface area contributed by atoms with E-state index in [-0.39, 0.29) is 37.0 Å². The van der Waals surface area contributed by atoms with Gasteiger partial charge in [0.2, 0.25) is 15.9 Å². The molecule has 0 bridgehead atoms. The van der Waals surface area contributed by atoms with E-state index in [0.29, 0.717) is 11.6 Å². The topological polar surface area (TPSA) is 79.0 Å². The number of carbonyl (C=O) groups excluding carboxylic acids is 1. The lowest BCUT2D eigenvalue weighted by Gasteiger charge is -2.34. The fraction of sp³-hybridized carbons (Fsp3) is 0.500. The number of hydrogen-bond acceptors (Lipinski definition) is 5. The van der Waals surface area contributed by atoms with Gasteiger partial charge in [-0.2, -0.15) is 4.31 Å². The number of ether oxygens (including phenoxy) is 1. The molecule has 28 heavy (non-hydrogen) atoms. The number of amides is 1. The van der Waals surface area contributed by atoms with E-state index in [4.69, 9.17) is 16.3 Å². The molecule has 3 aliphatic heterocycles. The van der Waals surface area contributed by atoms with Crippen LogP contribution in [0.3, 0.4) is 0 Å². The Labute approximate surface area is 176 Å². The van der Waals surface area contributed by atoms with E-state index in [2.05, 4.69) is 5.32 Å². The van der Waals surface area contributed by atoms with Crippen molar-refractivity contribution >= 4 is 46.0 Å². The van der Waals surface area contributed by atoms with Gasteiger partial charge in [0.15, 0.2) is 0 Å². The van der Waals surface area contributed by atoms with E-state index in [1.807, 2.05) is 0 Å². The Morgan fingerprint density at radius 1 is 1.21 bits per heavy atom. The number of nitrogens with one attached hydrogen (secondary N) is 1. The fourth-order valence-corrected chi connectivity index (χ4v) is 5.10. The molecular formula is C18H23Cl2N3O4S. The summed E-state index contributed by atoms with van der Waals surface area (Å²) in [5, 5.41) is 5.01. The van der Waals surface area contributed by atoms with E-state index >= 15 is 0 Å². The van der Waals surface area contributed by atoms with Crippen LogP contribution in [0.1, 0.15) is 18.4 Å². The summed E-state index contributed by atoms with van der Waals surface area (Å²) in [6, 6.07) is 6.86. The second-order valence-electron chi connectivity index (χ2n) is 7.22. The first-order valence-electron chi connectivity index (χ1n) is 8.99. The van der Waals surface area contributed by atoms with Crippen molar-refractivity contribution in [2.24, 2.45) is 0 Å². The zero-order valence-corrected chi connectivity index (χ0v) is 17.6. The highest BCUT2D eigenvalue weighted by atomic mass is 35.5. The van der Waals surface area contributed by atoms with Crippen LogP contribution in [-0.2, 0) is 19.6 Å². The number of hydrogen-bond donors (Lipinski definition) is 1. The van der Waals surface area contributed by atoms with Crippen molar-refractivity contribution < 1.29 is 17.9 Å². The molecule has 1 atom stereocenters. The third-order valence-corrected chi connectivity index (χ3v) is 7.09. The molecular weight excluding hydrogens is 425 g/mol. The minimum atomic E-state index is -3.73. The van der Waals surface area contributed by atoms with Crippen LogP contribution >= 0.6 is 24.0 Å². The first-order chi connectivity index (χ1) is 12.9. The maximum atomic E-state index is 12.7. The van der Waals surface area contributed by atoms with Gasteiger partial charge in [0.05, 0.1) is 25.2 Å². The van der Waals surface area contributed by atoms with Crippen LogP contribution in [0.5, 0.6) is 0 Å². The maximum absolute atomic E-state index is 12.7. The first-order valence-corrected chi connectivity index (χ1v) is 10.9. The number of nitrogens with zero attached hydrogens (tertiary/aromatic N) is 2. The molecule has 10 heteroatoms. The summed E-state index contributed by atoms with van der Waals surface area (Å²) in [4.78, 5) is 14.3. The van der Waals surface area contributed by atoms with Gasteiger partial charge in [0, 0.05) is 10.4 Å². The zero-order chi connectivity index (χ0) is 19.1. The minimum absolute atomic E-state index is 0. The molecule has 1 aromatic rings. The molecule has 154 valence electrons. The van der Waals surface area contributed by atoms with E-state index in [1.165, 1.54) is 10.4 Å². The molecule has 0 aliphatic carbocycles. The monoisotopic (exact) mass is 447 g/mol. The van der Waals surface area contributed by atoms with Crippen LogP contribution in [-0.4, -0.2) is 68.1 Å². The Balaban J connectivity index is 0.00000225. The van der Waals surface area contributed by atoms with Crippen LogP contribution in [0.25, 0.3) is 6.08 Å². The van der Waals surface area contributed by atoms with Crippen molar-refractivity contribution in [3.05, 3.63) is 40.3 Å². The summed E-state index contributed by atoms with van der Waals surface area (Å²) in [7, 11) is -3.73. The lowest BCUT2D eigenvalue weighted by atomic mass is 9.92. The molecule has 0 aromatic heterocycles.